The molecule has 0 aromatic heterocycles. The fourth-order valence-electron chi connectivity index (χ4n) is 3.61. The third kappa shape index (κ3) is 6.73. The van der Waals surface area contributed by atoms with Crippen molar-refractivity contribution in [2.75, 3.05) is 7.11 Å². The zero-order chi connectivity index (χ0) is 24.6. The van der Waals surface area contributed by atoms with Gasteiger partial charge in [0.2, 0.25) is 5.91 Å². The molecule has 0 radical (unpaired) electrons. The first-order valence-electron chi connectivity index (χ1n) is 11.5. The van der Waals surface area contributed by atoms with Gasteiger partial charge in [-0.2, -0.15) is 5.10 Å². The average molecular weight is 488 g/mol. The number of carbonyl (C=O) groups is 1. The second-order valence-corrected chi connectivity index (χ2v) is 9.72. The van der Waals surface area contributed by atoms with E-state index in [0.717, 1.165) is 16.7 Å². The molecule has 0 saturated carbocycles. The number of hydrogen-bond acceptors (Lipinski definition) is 6. The van der Waals surface area contributed by atoms with Crippen molar-refractivity contribution in [2.45, 2.75) is 38.0 Å². The van der Waals surface area contributed by atoms with Crippen LogP contribution in [-0.2, 0) is 17.8 Å². The van der Waals surface area contributed by atoms with Crippen LogP contribution in [0.4, 0.5) is 0 Å². The molecule has 4 rings (SSSR count). The van der Waals surface area contributed by atoms with Crippen molar-refractivity contribution in [3.63, 3.8) is 0 Å². The van der Waals surface area contributed by atoms with Crippen LogP contribution in [0.5, 0.6) is 11.5 Å². The minimum absolute atomic E-state index is 0.0431. The fraction of sp³-hybridized carbons (Fsp3) is 0.250. The van der Waals surface area contributed by atoms with Crippen molar-refractivity contribution in [1.82, 2.24) is 5.32 Å². The molecule has 3 aromatic rings. The molecule has 1 N–H and O–H groups in total. The van der Waals surface area contributed by atoms with Crippen molar-refractivity contribution in [2.24, 2.45) is 10.2 Å². The zero-order valence-electron chi connectivity index (χ0n) is 20.1. The molecule has 0 unspecified atom stereocenters. The number of benzene rings is 3. The number of ether oxygens (including phenoxy) is 2. The smallest absolute Gasteiger partial charge is 0.239 e. The van der Waals surface area contributed by atoms with Gasteiger partial charge in [-0.1, -0.05) is 80.2 Å². The highest BCUT2D eigenvalue weighted by Gasteiger charge is 2.30. The van der Waals surface area contributed by atoms with Crippen LogP contribution >= 0.6 is 11.8 Å². The Balaban J connectivity index is 1.35. The van der Waals surface area contributed by atoms with Crippen LogP contribution in [0.15, 0.2) is 83.0 Å². The number of carbonyl (C=O) groups excluding carboxylic acids is 1. The topological polar surface area (TPSA) is 72.3 Å². The number of nitrogens with zero attached hydrogens (tertiary/aromatic N) is 2. The quantitative estimate of drug-likeness (QED) is 0.317. The average Bonchev–Trinajstić information content (AvgIpc) is 3.22. The highest BCUT2D eigenvalue weighted by Crippen LogP contribution is 2.29. The maximum absolute atomic E-state index is 12.4. The molecule has 1 heterocycles. The van der Waals surface area contributed by atoms with Gasteiger partial charge in [0.15, 0.2) is 16.7 Å². The number of amidine groups is 1. The monoisotopic (exact) mass is 487 g/mol. The Morgan fingerprint density at radius 3 is 2.49 bits per heavy atom. The van der Waals surface area contributed by atoms with E-state index in [-0.39, 0.29) is 11.2 Å². The standard InChI is InChI=1S/C28H29N3O3S/c1-19(2)23-12-9-20(10-13-23)16-26-27(32)30-28(35-26)31-29-17-22-11-14-24(25(15-22)33-3)34-18-21-7-5-4-6-8-21/h4-15,17,19,26H,16,18H2,1-3H3,(H,30,31,32)/b29-17-/t26-/m0/s1. The second-order valence-electron chi connectivity index (χ2n) is 8.53. The van der Waals surface area contributed by atoms with E-state index >= 15 is 0 Å². The summed E-state index contributed by atoms with van der Waals surface area (Å²) < 4.78 is 11.4. The van der Waals surface area contributed by atoms with Crippen molar-refractivity contribution < 1.29 is 14.3 Å². The minimum atomic E-state index is -0.213. The zero-order valence-corrected chi connectivity index (χ0v) is 20.9. The molecule has 1 saturated heterocycles. The first-order chi connectivity index (χ1) is 17.0. The third-order valence-electron chi connectivity index (χ3n) is 5.62. The van der Waals surface area contributed by atoms with Crippen LogP contribution in [0.1, 0.15) is 42.0 Å². The van der Waals surface area contributed by atoms with E-state index in [2.05, 4.69) is 53.6 Å². The molecular weight excluding hydrogens is 458 g/mol. The van der Waals surface area contributed by atoms with Crippen molar-refractivity contribution >= 4 is 29.1 Å². The van der Waals surface area contributed by atoms with E-state index in [0.29, 0.717) is 35.6 Å². The summed E-state index contributed by atoms with van der Waals surface area (Å²) in [5.74, 6) is 1.72. The predicted molar refractivity (Wildman–Crippen MR) is 143 cm³/mol. The minimum Gasteiger partial charge on any atom is -0.493 e. The first kappa shape index (κ1) is 24.5. The number of nitrogens with one attached hydrogen (secondary N) is 1. The van der Waals surface area contributed by atoms with Crippen molar-refractivity contribution in [3.8, 4) is 11.5 Å². The summed E-state index contributed by atoms with van der Waals surface area (Å²) in [4.78, 5) is 12.4. The molecule has 0 spiro atoms. The molecule has 1 aliphatic rings. The molecule has 1 aliphatic heterocycles. The van der Waals surface area contributed by atoms with Gasteiger partial charge in [0.05, 0.1) is 18.6 Å². The van der Waals surface area contributed by atoms with Gasteiger partial charge in [-0.25, -0.2) is 0 Å². The lowest BCUT2D eigenvalue weighted by molar-refractivity contribution is -0.118. The Morgan fingerprint density at radius 1 is 1.00 bits per heavy atom. The van der Waals surface area contributed by atoms with Crippen LogP contribution in [0.25, 0.3) is 0 Å². The molecule has 35 heavy (non-hydrogen) atoms. The Hall–Kier alpha value is -3.58. The van der Waals surface area contributed by atoms with E-state index < -0.39 is 0 Å². The maximum atomic E-state index is 12.4. The van der Waals surface area contributed by atoms with Gasteiger partial charge in [-0.3, -0.25) is 4.79 Å². The number of methoxy groups -OCH3 is 1. The van der Waals surface area contributed by atoms with Crippen LogP contribution in [-0.4, -0.2) is 29.6 Å². The second kappa shape index (κ2) is 11.7. The number of rotatable bonds is 9. The van der Waals surface area contributed by atoms with Gasteiger partial charge in [-0.15, -0.1) is 5.10 Å². The molecule has 0 aliphatic carbocycles. The molecule has 1 fully saturated rings. The van der Waals surface area contributed by atoms with Crippen LogP contribution in [0, 0.1) is 0 Å². The highest BCUT2D eigenvalue weighted by molar-refractivity contribution is 8.15. The summed E-state index contributed by atoms with van der Waals surface area (Å²) in [6.45, 7) is 4.80. The summed E-state index contributed by atoms with van der Waals surface area (Å²) in [5, 5.41) is 11.5. The predicted octanol–water partition coefficient (Wildman–Crippen LogP) is 5.56. The Kier molecular flexibility index (Phi) is 8.21. The lowest BCUT2D eigenvalue weighted by Gasteiger charge is -2.11. The molecule has 1 atom stereocenters. The molecule has 180 valence electrons. The summed E-state index contributed by atoms with van der Waals surface area (Å²) >= 11 is 1.40. The Morgan fingerprint density at radius 2 is 1.77 bits per heavy atom. The molecule has 0 bridgehead atoms. The summed E-state index contributed by atoms with van der Waals surface area (Å²) in [7, 11) is 1.60. The lowest BCUT2D eigenvalue weighted by Crippen LogP contribution is -2.25. The van der Waals surface area contributed by atoms with Gasteiger partial charge in [-0.05, 0) is 52.8 Å². The van der Waals surface area contributed by atoms with Gasteiger partial charge in [0.25, 0.3) is 0 Å². The Labute approximate surface area is 210 Å². The van der Waals surface area contributed by atoms with Crippen molar-refractivity contribution in [1.29, 1.82) is 0 Å². The first-order valence-corrected chi connectivity index (χ1v) is 12.4. The van der Waals surface area contributed by atoms with Gasteiger partial charge < -0.3 is 14.8 Å². The molecule has 3 aromatic carbocycles. The molecular formula is C28H29N3O3S. The van der Waals surface area contributed by atoms with Crippen molar-refractivity contribution in [3.05, 3.63) is 95.1 Å². The molecule has 6 nitrogen and oxygen atoms in total. The van der Waals surface area contributed by atoms with Crippen LogP contribution < -0.4 is 14.8 Å². The SMILES string of the molecule is COc1cc(/C=N\N=C2\NC(=O)[C@H](Cc3ccc(C(C)C)cc3)S2)ccc1OCc1ccccc1. The maximum Gasteiger partial charge on any atom is 0.239 e. The fourth-order valence-corrected chi connectivity index (χ4v) is 4.57. The summed E-state index contributed by atoms with van der Waals surface area (Å²) in [6, 6.07) is 24.0. The van der Waals surface area contributed by atoms with E-state index in [9.17, 15) is 4.79 Å². The molecule has 7 heteroatoms. The number of amides is 1. The summed E-state index contributed by atoms with van der Waals surface area (Å²) in [5.41, 5.74) is 4.32. The van der Waals surface area contributed by atoms with E-state index in [1.165, 1.54) is 17.3 Å². The highest BCUT2D eigenvalue weighted by atomic mass is 32.2. The lowest BCUT2D eigenvalue weighted by atomic mass is 10.0. The summed E-state index contributed by atoms with van der Waals surface area (Å²) in [6.07, 6.45) is 2.28. The van der Waals surface area contributed by atoms with Gasteiger partial charge in [0, 0.05) is 0 Å². The van der Waals surface area contributed by atoms with Crippen LogP contribution in [0.2, 0.25) is 0 Å². The number of thioether (sulfide) groups is 1. The van der Waals surface area contributed by atoms with Gasteiger partial charge in [0.1, 0.15) is 6.61 Å². The third-order valence-corrected chi connectivity index (χ3v) is 6.70. The van der Waals surface area contributed by atoms with E-state index in [4.69, 9.17) is 9.47 Å². The van der Waals surface area contributed by atoms with Crippen LogP contribution in [0.3, 0.4) is 0 Å². The van der Waals surface area contributed by atoms with E-state index in [1.54, 1.807) is 13.3 Å². The Bertz CT molecular complexity index is 1210. The normalized spacial score (nSPS) is 16.7. The molecule has 1 amide bonds. The van der Waals surface area contributed by atoms with Gasteiger partial charge >= 0.3 is 0 Å². The van der Waals surface area contributed by atoms with E-state index in [1.807, 2.05) is 48.5 Å². The number of hydrogen-bond donors (Lipinski definition) is 1. The largest absolute Gasteiger partial charge is 0.493 e.